The lowest BCUT2D eigenvalue weighted by molar-refractivity contribution is 0.418. The van der Waals surface area contributed by atoms with Crippen LogP contribution < -0.4 is 9.92 Å². The summed E-state index contributed by atoms with van der Waals surface area (Å²) in [5.41, 5.74) is 1.87. The van der Waals surface area contributed by atoms with Crippen LogP contribution in [0.3, 0.4) is 0 Å². The Balaban J connectivity index is 2.50. The maximum absolute atomic E-state index is 11.0. The van der Waals surface area contributed by atoms with Crippen molar-refractivity contribution in [3.63, 3.8) is 0 Å². The second kappa shape index (κ2) is 9.40. The van der Waals surface area contributed by atoms with Gasteiger partial charge in [-0.2, -0.15) is 0 Å². The van der Waals surface area contributed by atoms with Gasteiger partial charge in [-0.3, -0.25) is 0 Å². The van der Waals surface area contributed by atoms with Crippen molar-refractivity contribution in [2.75, 3.05) is 12.5 Å². The molecule has 0 radical (unpaired) electrons. The van der Waals surface area contributed by atoms with Gasteiger partial charge in [0.2, 0.25) is 0 Å². The quantitative estimate of drug-likeness (QED) is 0.367. The van der Waals surface area contributed by atoms with Crippen molar-refractivity contribution in [3.8, 4) is 11.5 Å². The summed E-state index contributed by atoms with van der Waals surface area (Å²) in [4.78, 5) is 1.26. The van der Waals surface area contributed by atoms with Crippen LogP contribution in [0, 0.1) is 0 Å². The fraction of sp³-hybridized carbons (Fsp3) is 0.538. The van der Waals surface area contributed by atoms with E-state index in [2.05, 4.69) is 91.8 Å². The Morgan fingerprint density at radius 3 is 1.83 bits per heavy atom. The summed E-state index contributed by atoms with van der Waals surface area (Å²) in [6.07, 6.45) is 0. The monoisotopic (exact) mass is 444 g/mol. The number of benzene rings is 2. The molecule has 4 heteroatoms. The topological polar surface area (TPSA) is 29.5 Å². The van der Waals surface area contributed by atoms with Crippen LogP contribution in [0.15, 0.2) is 41.3 Å². The van der Waals surface area contributed by atoms with Gasteiger partial charge in [-0.25, -0.2) is 0 Å². The van der Waals surface area contributed by atoms with Crippen molar-refractivity contribution in [3.05, 3.63) is 47.5 Å². The first kappa shape index (κ1) is 24.9. The molecule has 0 aliphatic carbocycles. The smallest absolute Gasteiger partial charge is 0.123 e. The number of hydrogen-bond acceptors (Lipinski definition) is 3. The molecule has 0 heterocycles. The van der Waals surface area contributed by atoms with Crippen molar-refractivity contribution in [2.24, 2.45) is 0 Å². The van der Waals surface area contributed by atoms with Crippen molar-refractivity contribution in [1.29, 1.82) is 0 Å². The fourth-order valence-electron chi connectivity index (χ4n) is 4.05. The van der Waals surface area contributed by atoms with Crippen LogP contribution >= 0.6 is 11.8 Å². The zero-order valence-corrected chi connectivity index (χ0v) is 22.2. The SMILES string of the molecule is CC[Si](CC)(CSc1cc(C(C)(C)C)c(O)c(C(C)(C)C)c1)c1ccccc1OC. The van der Waals surface area contributed by atoms with Crippen LogP contribution in [-0.2, 0) is 10.8 Å². The van der Waals surface area contributed by atoms with Gasteiger partial charge >= 0.3 is 0 Å². The van der Waals surface area contributed by atoms with Crippen molar-refractivity contribution in [1.82, 2.24) is 0 Å². The molecule has 0 atom stereocenters. The van der Waals surface area contributed by atoms with Crippen LogP contribution in [0.5, 0.6) is 11.5 Å². The Hall–Kier alpha value is -1.39. The molecule has 2 rings (SSSR count). The third kappa shape index (κ3) is 5.26. The van der Waals surface area contributed by atoms with Gasteiger partial charge in [0.15, 0.2) is 0 Å². The van der Waals surface area contributed by atoms with Gasteiger partial charge in [-0.05, 0) is 39.6 Å². The Bertz CT molecular complexity index is 823. The van der Waals surface area contributed by atoms with E-state index >= 15 is 0 Å². The van der Waals surface area contributed by atoms with E-state index < -0.39 is 8.07 Å². The second-order valence-corrected chi connectivity index (χ2v) is 16.8. The molecule has 30 heavy (non-hydrogen) atoms. The lowest BCUT2D eigenvalue weighted by atomic mass is 9.79. The molecule has 0 bridgehead atoms. The standard InChI is InChI=1S/C26H40O2SSi/c1-10-30(11-2,23-15-13-12-14-22(23)28-9)18-29-19-16-20(25(3,4)5)24(27)21(17-19)26(6,7)8/h12-17,27H,10-11,18H2,1-9H3. The molecular weight excluding hydrogens is 404 g/mol. The van der Waals surface area contributed by atoms with E-state index in [4.69, 9.17) is 4.74 Å². The highest BCUT2D eigenvalue weighted by Crippen LogP contribution is 2.42. The maximum atomic E-state index is 11.0. The molecule has 0 spiro atoms. The Kier molecular flexibility index (Phi) is 7.79. The van der Waals surface area contributed by atoms with Gasteiger partial charge in [0, 0.05) is 16.0 Å². The van der Waals surface area contributed by atoms with Gasteiger partial charge in [-0.15, -0.1) is 11.8 Å². The summed E-state index contributed by atoms with van der Waals surface area (Å²) in [6.45, 7) is 17.7. The summed E-state index contributed by atoms with van der Waals surface area (Å²) in [7, 11) is 0.0469. The first-order valence-electron chi connectivity index (χ1n) is 11.0. The van der Waals surface area contributed by atoms with Crippen LogP contribution in [0.25, 0.3) is 0 Å². The van der Waals surface area contributed by atoms with Crippen molar-refractivity contribution >= 4 is 25.0 Å². The Labute approximate surface area is 189 Å². The van der Waals surface area contributed by atoms with E-state index in [-0.39, 0.29) is 10.8 Å². The van der Waals surface area contributed by atoms with Gasteiger partial charge in [-0.1, -0.05) is 85.7 Å². The lowest BCUT2D eigenvalue weighted by Crippen LogP contribution is -2.50. The van der Waals surface area contributed by atoms with Gasteiger partial charge in [0.05, 0.1) is 7.11 Å². The van der Waals surface area contributed by atoms with Crippen LogP contribution in [0.2, 0.25) is 12.1 Å². The summed E-state index contributed by atoms with van der Waals surface area (Å²) in [5, 5.41) is 13.6. The predicted octanol–water partition coefficient (Wildman–Crippen LogP) is 7.02. The zero-order valence-electron chi connectivity index (χ0n) is 20.3. The molecule has 166 valence electrons. The minimum atomic E-state index is -1.73. The number of ether oxygens (including phenoxy) is 1. The normalized spacial score (nSPS) is 12.8. The molecule has 1 N–H and O–H groups in total. The van der Waals surface area contributed by atoms with E-state index in [9.17, 15) is 5.11 Å². The van der Waals surface area contributed by atoms with Crippen molar-refractivity contribution < 1.29 is 9.84 Å². The number of methoxy groups -OCH3 is 1. The minimum Gasteiger partial charge on any atom is -0.507 e. The summed E-state index contributed by atoms with van der Waals surface area (Å²) >= 11 is 1.95. The molecule has 2 aromatic rings. The van der Waals surface area contributed by atoms with E-state index in [1.165, 1.54) is 22.2 Å². The molecule has 2 aromatic carbocycles. The van der Waals surface area contributed by atoms with Crippen LogP contribution in [0.1, 0.15) is 66.5 Å². The molecule has 0 fully saturated rings. The number of hydrogen-bond donors (Lipinski definition) is 1. The fourth-order valence-corrected chi connectivity index (χ4v) is 10.9. The van der Waals surface area contributed by atoms with Gasteiger partial charge in [0.25, 0.3) is 0 Å². The zero-order chi connectivity index (χ0) is 22.7. The number of phenols is 1. The highest BCUT2D eigenvalue weighted by atomic mass is 32.2. The summed E-state index contributed by atoms with van der Waals surface area (Å²) < 4.78 is 5.74. The third-order valence-corrected chi connectivity index (χ3v) is 13.9. The number of rotatable bonds is 7. The average molecular weight is 445 g/mol. The maximum Gasteiger partial charge on any atom is 0.123 e. The molecule has 0 aliphatic rings. The lowest BCUT2D eigenvalue weighted by Gasteiger charge is -2.32. The number of aromatic hydroxyl groups is 1. The van der Waals surface area contributed by atoms with Crippen LogP contribution in [-0.4, -0.2) is 25.7 Å². The summed E-state index contributed by atoms with van der Waals surface area (Å²) in [6, 6.07) is 15.4. The third-order valence-electron chi connectivity index (χ3n) is 6.25. The minimum absolute atomic E-state index is 0.104. The molecule has 2 nitrogen and oxygen atoms in total. The Morgan fingerprint density at radius 2 is 1.40 bits per heavy atom. The highest BCUT2D eigenvalue weighted by molar-refractivity contribution is 8.01. The van der Waals surface area contributed by atoms with Gasteiger partial charge < -0.3 is 9.84 Å². The van der Waals surface area contributed by atoms with E-state index in [1.807, 2.05) is 11.8 Å². The first-order valence-corrected chi connectivity index (χ1v) is 14.6. The Morgan fingerprint density at radius 1 is 0.900 bits per heavy atom. The van der Waals surface area contributed by atoms with E-state index in [0.29, 0.717) is 5.75 Å². The average Bonchev–Trinajstić information content (AvgIpc) is 2.68. The molecule has 0 aromatic heterocycles. The van der Waals surface area contributed by atoms with Gasteiger partial charge in [0.1, 0.15) is 19.6 Å². The van der Waals surface area contributed by atoms with E-state index in [1.54, 1.807) is 7.11 Å². The molecule has 0 saturated heterocycles. The molecule has 0 unspecified atom stereocenters. The molecule has 0 amide bonds. The highest BCUT2D eigenvalue weighted by Gasteiger charge is 2.34. The number of phenolic OH excluding ortho intramolecular Hbond substituents is 1. The largest absolute Gasteiger partial charge is 0.507 e. The molecular formula is C26H40O2SSi. The molecule has 0 aliphatic heterocycles. The predicted molar refractivity (Wildman–Crippen MR) is 136 cm³/mol. The van der Waals surface area contributed by atoms with E-state index in [0.717, 1.165) is 22.3 Å². The molecule has 0 saturated carbocycles. The number of thioether (sulfide) groups is 1. The van der Waals surface area contributed by atoms with Crippen LogP contribution in [0.4, 0.5) is 0 Å². The van der Waals surface area contributed by atoms with Crippen molar-refractivity contribution in [2.45, 2.75) is 83.2 Å². The summed E-state index contributed by atoms with van der Waals surface area (Å²) in [5.74, 6) is 1.49. The first-order chi connectivity index (χ1) is 13.9. The second-order valence-electron chi connectivity index (χ2n) is 10.3. The number of para-hydroxylation sites is 1.